The second kappa shape index (κ2) is 5.97. The number of carbonyl (C=O) groups is 1. The summed E-state index contributed by atoms with van der Waals surface area (Å²) < 4.78 is 4.96. The number of hydrogen-bond donors (Lipinski definition) is 0. The second-order valence-corrected chi connectivity index (χ2v) is 2.86. The molecule has 0 atom stereocenters. The van der Waals surface area contributed by atoms with Crippen LogP contribution < -0.4 is 4.74 Å². The second-order valence-electron chi connectivity index (χ2n) is 2.86. The summed E-state index contributed by atoms with van der Waals surface area (Å²) >= 11 is 0. The van der Waals surface area contributed by atoms with Crippen molar-refractivity contribution in [3.8, 4) is 5.75 Å². The Labute approximate surface area is 85.2 Å². The molecule has 0 N–H and O–H groups in total. The number of ether oxygens (including phenoxy) is 1. The van der Waals surface area contributed by atoms with Crippen LogP contribution >= 0.6 is 0 Å². The summed E-state index contributed by atoms with van der Waals surface area (Å²) in [5, 5.41) is 0. The van der Waals surface area contributed by atoms with Gasteiger partial charge in [-0.25, -0.2) is 0 Å². The molecule has 0 unspecified atom stereocenters. The average molecular weight is 192 g/mol. The first-order chi connectivity index (χ1) is 6.59. The molecule has 0 saturated carbocycles. The Morgan fingerprint density at radius 2 is 1.86 bits per heavy atom. The van der Waals surface area contributed by atoms with Gasteiger partial charge >= 0.3 is 5.97 Å². The normalized spacial score (nSPS) is 8.50. The maximum absolute atomic E-state index is 10.6. The topological polar surface area (TPSA) is 26.3 Å². The van der Waals surface area contributed by atoms with E-state index in [-0.39, 0.29) is 5.97 Å². The van der Waals surface area contributed by atoms with Crippen molar-refractivity contribution in [2.24, 2.45) is 0 Å². The van der Waals surface area contributed by atoms with Crippen molar-refractivity contribution in [3.63, 3.8) is 0 Å². The van der Waals surface area contributed by atoms with Crippen LogP contribution in [0.4, 0.5) is 0 Å². The van der Waals surface area contributed by atoms with Crippen LogP contribution in [0.3, 0.4) is 0 Å². The van der Waals surface area contributed by atoms with Crippen LogP contribution in [0, 0.1) is 13.8 Å². The van der Waals surface area contributed by atoms with Crippen molar-refractivity contribution in [1.82, 2.24) is 0 Å². The molecule has 0 spiro atoms. The lowest BCUT2D eigenvalue weighted by atomic mass is 10.1. The van der Waals surface area contributed by atoms with Gasteiger partial charge in [-0.2, -0.15) is 0 Å². The van der Waals surface area contributed by atoms with Gasteiger partial charge in [0.1, 0.15) is 5.75 Å². The zero-order chi connectivity index (χ0) is 11.1. The van der Waals surface area contributed by atoms with E-state index < -0.39 is 0 Å². The van der Waals surface area contributed by atoms with Gasteiger partial charge in [-0.05, 0) is 25.5 Å². The first-order valence-electron chi connectivity index (χ1n) is 4.35. The average Bonchev–Trinajstić information content (AvgIpc) is 2.13. The number of aryl methyl sites for hydroxylation is 2. The van der Waals surface area contributed by atoms with E-state index in [9.17, 15) is 4.79 Å². The lowest BCUT2D eigenvalue weighted by molar-refractivity contribution is -0.131. The van der Waals surface area contributed by atoms with E-state index in [1.807, 2.05) is 32.0 Å². The number of carbonyl (C=O) groups excluding carboxylic acids is 1. The minimum Gasteiger partial charge on any atom is -0.426 e. The molecule has 0 aliphatic heterocycles. The molecule has 0 radical (unpaired) electrons. The largest absolute Gasteiger partial charge is 0.426 e. The summed E-state index contributed by atoms with van der Waals surface area (Å²) in [5.41, 5.74) is 2.16. The number of benzene rings is 1. The highest BCUT2D eigenvalue weighted by atomic mass is 16.5. The third-order valence-electron chi connectivity index (χ3n) is 1.58. The molecular weight excluding hydrogens is 176 g/mol. The van der Waals surface area contributed by atoms with Gasteiger partial charge < -0.3 is 4.74 Å². The van der Waals surface area contributed by atoms with Crippen LogP contribution in [0.1, 0.15) is 18.1 Å². The number of esters is 1. The predicted molar refractivity (Wildman–Crippen MR) is 58.5 cm³/mol. The molecule has 2 heteroatoms. The third-order valence-corrected chi connectivity index (χ3v) is 1.58. The van der Waals surface area contributed by atoms with Crippen molar-refractivity contribution < 1.29 is 9.53 Å². The van der Waals surface area contributed by atoms with Gasteiger partial charge in [0, 0.05) is 6.92 Å². The molecule has 1 aromatic carbocycles. The summed E-state index contributed by atoms with van der Waals surface area (Å²) in [4.78, 5) is 10.6. The SMILES string of the molecule is C=C.CC(=O)Oc1ccc(C)cc1C. The van der Waals surface area contributed by atoms with Gasteiger partial charge in [-0.3, -0.25) is 4.79 Å². The Balaban J connectivity index is 0.000000791. The van der Waals surface area contributed by atoms with Crippen molar-refractivity contribution in [2.75, 3.05) is 0 Å². The van der Waals surface area contributed by atoms with Crippen LogP contribution in [0.15, 0.2) is 31.4 Å². The molecule has 0 bridgehead atoms. The van der Waals surface area contributed by atoms with Gasteiger partial charge in [0.05, 0.1) is 0 Å². The number of rotatable bonds is 1. The summed E-state index contributed by atoms with van der Waals surface area (Å²) in [6.07, 6.45) is 0. The lowest BCUT2D eigenvalue weighted by Gasteiger charge is -2.04. The maximum Gasteiger partial charge on any atom is 0.308 e. The van der Waals surface area contributed by atoms with E-state index in [1.54, 1.807) is 0 Å². The fourth-order valence-electron chi connectivity index (χ4n) is 1.07. The third kappa shape index (κ3) is 3.90. The summed E-state index contributed by atoms with van der Waals surface area (Å²) in [7, 11) is 0. The van der Waals surface area contributed by atoms with Crippen molar-refractivity contribution in [2.45, 2.75) is 20.8 Å². The Hall–Kier alpha value is -1.57. The lowest BCUT2D eigenvalue weighted by Crippen LogP contribution is -2.02. The summed E-state index contributed by atoms with van der Waals surface area (Å²) in [6, 6.07) is 5.72. The van der Waals surface area contributed by atoms with Crippen LogP contribution in [-0.2, 0) is 4.79 Å². The van der Waals surface area contributed by atoms with Crippen molar-refractivity contribution in [1.29, 1.82) is 0 Å². The van der Waals surface area contributed by atoms with Gasteiger partial charge in [0.2, 0.25) is 0 Å². The zero-order valence-corrected chi connectivity index (χ0v) is 8.96. The van der Waals surface area contributed by atoms with Gasteiger partial charge in [-0.15, -0.1) is 13.2 Å². The molecule has 0 aliphatic rings. The highest BCUT2D eigenvalue weighted by molar-refractivity contribution is 5.69. The smallest absolute Gasteiger partial charge is 0.308 e. The number of hydrogen-bond acceptors (Lipinski definition) is 2. The van der Waals surface area contributed by atoms with Crippen LogP contribution in [-0.4, -0.2) is 5.97 Å². The summed E-state index contributed by atoms with van der Waals surface area (Å²) in [6.45, 7) is 11.3. The Morgan fingerprint density at radius 1 is 1.29 bits per heavy atom. The molecular formula is C12H16O2. The Morgan fingerprint density at radius 3 is 2.29 bits per heavy atom. The van der Waals surface area contributed by atoms with E-state index >= 15 is 0 Å². The molecule has 0 aliphatic carbocycles. The quantitative estimate of drug-likeness (QED) is 0.388. The molecule has 14 heavy (non-hydrogen) atoms. The molecule has 1 aromatic rings. The fraction of sp³-hybridized carbons (Fsp3) is 0.250. The summed E-state index contributed by atoms with van der Waals surface area (Å²) in [5.74, 6) is 0.370. The maximum atomic E-state index is 10.6. The van der Waals surface area contributed by atoms with E-state index in [4.69, 9.17) is 4.74 Å². The minimum atomic E-state index is -0.276. The monoisotopic (exact) mass is 192 g/mol. The van der Waals surface area contributed by atoms with Crippen molar-refractivity contribution in [3.05, 3.63) is 42.5 Å². The van der Waals surface area contributed by atoms with E-state index in [0.29, 0.717) is 5.75 Å². The highest BCUT2D eigenvalue weighted by Crippen LogP contribution is 2.18. The van der Waals surface area contributed by atoms with E-state index in [2.05, 4.69) is 13.2 Å². The minimum absolute atomic E-state index is 0.276. The molecule has 2 nitrogen and oxygen atoms in total. The molecule has 1 rings (SSSR count). The van der Waals surface area contributed by atoms with E-state index in [0.717, 1.165) is 5.56 Å². The molecule has 0 fully saturated rings. The molecule has 0 heterocycles. The fourth-order valence-corrected chi connectivity index (χ4v) is 1.07. The first-order valence-corrected chi connectivity index (χ1v) is 4.35. The molecule has 0 aromatic heterocycles. The Bertz CT molecular complexity index is 316. The van der Waals surface area contributed by atoms with Gasteiger partial charge in [0.15, 0.2) is 0 Å². The standard InChI is InChI=1S/C10H12O2.C2H4/c1-7-4-5-10(8(2)6-7)12-9(3)11;1-2/h4-6H,1-3H3;1-2H2. The van der Waals surface area contributed by atoms with E-state index in [1.165, 1.54) is 12.5 Å². The first kappa shape index (κ1) is 12.4. The molecule has 76 valence electrons. The van der Waals surface area contributed by atoms with Crippen molar-refractivity contribution >= 4 is 5.97 Å². The van der Waals surface area contributed by atoms with Gasteiger partial charge in [0.25, 0.3) is 0 Å². The Kier molecular flexibility index (Phi) is 5.30. The highest BCUT2D eigenvalue weighted by Gasteiger charge is 2.01. The predicted octanol–water partition coefficient (Wildman–Crippen LogP) is 3.03. The molecule has 0 amide bonds. The van der Waals surface area contributed by atoms with Crippen LogP contribution in [0.5, 0.6) is 5.75 Å². The van der Waals surface area contributed by atoms with Crippen LogP contribution in [0.25, 0.3) is 0 Å². The van der Waals surface area contributed by atoms with Crippen LogP contribution in [0.2, 0.25) is 0 Å². The zero-order valence-electron chi connectivity index (χ0n) is 8.96. The van der Waals surface area contributed by atoms with Gasteiger partial charge in [-0.1, -0.05) is 17.7 Å². The molecule has 0 saturated heterocycles.